The number of aryl methyl sites for hydroxylation is 2. The summed E-state index contributed by atoms with van der Waals surface area (Å²) in [5.41, 5.74) is 0.859. The van der Waals surface area contributed by atoms with E-state index in [2.05, 4.69) is 31.1 Å². The summed E-state index contributed by atoms with van der Waals surface area (Å²) >= 11 is 1.76. The average Bonchev–Trinajstić information content (AvgIpc) is 2.59. The van der Waals surface area contributed by atoms with E-state index < -0.39 is 0 Å². The zero-order valence-electron chi connectivity index (χ0n) is 10.8. The number of thiazole rings is 1. The summed E-state index contributed by atoms with van der Waals surface area (Å²) in [6.45, 7) is 10.4. The van der Waals surface area contributed by atoms with Gasteiger partial charge in [-0.25, -0.2) is 4.98 Å². The van der Waals surface area contributed by atoms with Crippen LogP contribution < -0.4 is 5.32 Å². The molecule has 2 N–H and O–H groups in total. The van der Waals surface area contributed by atoms with Crippen LogP contribution in [0.25, 0.3) is 0 Å². The van der Waals surface area contributed by atoms with Gasteiger partial charge in [0.05, 0.1) is 17.3 Å². The highest BCUT2D eigenvalue weighted by Gasteiger charge is 2.22. The molecule has 1 heterocycles. The fourth-order valence-corrected chi connectivity index (χ4v) is 2.73. The molecule has 0 aliphatic rings. The van der Waals surface area contributed by atoms with Crippen molar-refractivity contribution < 1.29 is 5.11 Å². The first kappa shape index (κ1) is 13.6. The normalized spacial score (nSPS) is 14.1. The molecule has 0 saturated carbocycles. The van der Waals surface area contributed by atoms with Gasteiger partial charge in [-0.2, -0.15) is 0 Å². The monoisotopic (exact) mass is 242 g/mol. The number of nitrogens with one attached hydrogen (secondary N) is 1. The van der Waals surface area contributed by atoms with Gasteiger partial charge in [0.2, 0.25) is 0 Å². The molecule has 0 bridgehead atoms. The summed E-state index contributed by atoms with van der Waals surface area (Å²) in [5.74, 6) is 0. The maximum absolute atomic E-state index is 9.24. The van der Waals surface area contributed by atoms with E-state index in [0.717, 1.165) is 12.1 Å². The van der Waals surface area contributed by atoms with Crippen LogP contribution in [0.2, 0.25) is 0 Å². The minimum Gasteiger partial charge on any atom is -0.394 e. The molecular weight excluding hydrogens is 220 g/mol. The standard InChI is InChI=1S/C12H22N2OS/c1-6-10-13-8(2)11(16-10)9(3)14-12(4,5)7-15/h9,14-15H,6-7H2,1-5H3. The predicted octanol–water partition coefficient (Wildman–Crippen LogP) is 2.44. The van der Waals surface area contributed by atoms with Crippen LogP contribution in [0.4, 0.5) is 0 Å². The molecule has 0 aliphatic carbocycles. The second-order valence-corrected chi connectivity index (χ2v) is 5.93. The molecule has 1 aromatic heterocycles. The van der Waals surface area contributed by atoms with E-state index in [4.69, 9.17) is 0 Å². The highest BCUT2D eigenvalue weighted by molar-refractivity contribution is 7.11. The number of rotatable bonds is 5. The van der Waals surface area contributed by atoms with Gasteiger partial charge in [0, 0.05) is 16.5 Å². The van der Waals surface area contributed by atoms with E-state index in [1.54, 1.807) is 11.3 Å². The maximum Gasteiger partial charge on any atom is 0.0928 e. The number of aliphatic hydroxyl groups is 1. The van der Waals surface area contributed by atoms with Crippen LogP contribution in [0.5, 0.6) is 0 Å². The molecule has 0 fully saturated rings. The van der Waals surface area contributed by atoms with Gasteiger partial charge in [0.1, 0.15) is 0 Å². The van der Waals surface area contributed by atoms with Crippen LogP contribution in [-0.4, -0.2) is 22.2 Å². The van der Waals surface area contributed by atoms with Crippen LogP contribution in [0, 0.1) is 6.92 Å². The minimum absolute atomic E-state index is 0.135. The molecule has 92 valence electrons. The van der Waals surface area contributed by atoms with Crippen LogP contribution in [0.15, 0.2) is 0 Å². The largest absolute Gasteiger partial charge is 0.394 e. The molecule has 0 saturated heterocycles. The van der Waals surface area contributed by atoms with Crippen molar-refractivity contribution in [3.63, 3.8) is 0 Å². The van der Waals surface area contributed by atoms with Gasteiger partial charge in [-0.05, 0) is 34.1 Å². The first-order chi connectivity index (χ1) is 7.39. The molecule has 1 atom stereocenters. The molecule has 1 rings (SSSR count). The molecule has 4 heteroatoms. The lowest BCUT2D eigenvalue weighted by Crippen LogP contribution is -2.43. The molecule has 0 aromatic carbocycles. The molecule has 0 spiro atoms. The Hall–Kier alpha value is -0.450. The Balaban J connectivity index is 2.80. The van der Waals surface area contributed by atoms with E-state index in [1.807, 2.05) is 13.8 Å². The number of aliphatic hydroxyl groups excluding tert-OH is 1. The minimum atomic E-state index is -0.248. The van der Waals surface area contributed by atoms with Gasteiger partial charge in [-0.3, -0.25) is 0 Å². The van der Waals surface area contributed by atoms with Gasteiger partial charge < -0.3 is 10.4 Å². The van der Waals surface area contributed by atoms with Gasteiger partial charge in [-0.15, -0.1) is 11.3 Å². The highest BCUT2D eigenvalue weighted by atomic mass is 32.1. The van der Waals surface area contributed by atoms with Crippen molar-refractivity contribution in [1.82, 2.24) is 10.3 Å². The predicted molar refractivity (Wildman–Crippen MR) is 68.9 cm³/mol. The third kappa shape index (κ3) is 3.27. The lowest BCUT2D eigenvalue weighted by molar-refractivity contribution is 0.178. The number of aromatic nitrogens is 1. The lowest BCUT2D eigenvalue weighted by Gasteiger charge is -2.27. The third-order valence-electron chi connectivity index (χ3n) is 2.58. The second kappa shape index (κ2) is 5.25. The van der Waals surface area contributed by atoms with E-state index >= 15 is 0 Å². The second-order valence-electron chi connectivity index (χ2n) is 4.82. The summed E-state index contributed by atoms with van der Waals surface area (Å²) in [6.07, 6.45) is 0.988. The van der Waals surface area contributed by atoms with Crippen LogP contribution in [0.3, 0.4) is 0 Å². The Bertz CT molecular complexity index is 347. The first-order valence-electron chi connectivity index (χ1n) is 5.74. The Morgan fingerprint density at radius 2 is 2.12 bits per heavy atom. The average molecular weight is 242 g/mol. The van der Waals surface area contributed by atoms with Crippen molar-refractivity contribution >= 4 is 11.3 Å². The van der Waals surface area contributed by atoms with Gasteiger partial charge in [-0.1, -0.05) is 6.92 Å². The fourth-order valence-electron chi connectivity index (χ4n) is 1.72. The molecule has 16 heavy (non-hydrogen) atoms. The molecule has 1 unspecified atom stereocenters. The fraction of sp³-hybridized carbons (Fsp3) is 0.750. The Morgan fingerprint density at radius 3 is 2.56 bits per heavy atom. The number of nitrogens with zero attached hydrogens (tertiary/aromatic N) is 1. The van der Waals surface area contributed by atoms with E-state index in [9.17, 15) is 5.11 Å². The van der Waals surface area contributed by atoms with Crippen LogP contribution >= 0.6 is 11.3 Å². The van der Waals surface area contributed by atoms with Gasteiger partial charge in [0.25, 0.3) is 0 Å². The van der Waals surface area contributed by atoms with Crippen LogP contribution in [-0.2, 0) is 6.42 Å². The molecule has 0 radical (unpaired) electrons. The zero-order chi connectivity index (χ0) is 12.3. The summed E-state index contributed by atoms with van der Waals surface area (Å²) in [5, 5.41) is 13.8. The van der Waals surface area contributed by atoms with Gasteiger partial charge >= 0.3 is 0 Å². The maximum atomic E-state index is 9.24. The molecule has 0 aliphatic heterocycles. The Labute approximate surface area is 102 Å². The Kier molecular flexibility index (Phi) is 4.47. The third-order valence-corrected chi connectivity index (χ3v) is 4.06. The van der Waals surface area contributed by atoms with Crippen molar-refractivity contribution in [3.8, 4) is 0 Å². The van der Waals surface area contributed by atoms with Crippen molar-refractivity contribution in [2.24, 2.45) is 0 Å². The van der Waals surface area contributed by atoms with E-state index in [0.29, 0.717) is 0 Å². The van der Waals surface area contributed by atoms with E-state index in [1.165, 1.54) is 9.88 Å². The number of hydrogen-bond acceptors (Lipinski definition) is 4. The molecule has 0 amide bonds. The topological polar surface area (TPSA) is 45.2 Å². The van der Waals surface area contributed by atoms with Crippen molar-refractivity contribution in [2.45, 2.75) is 52.6 Å². The lowest BCUT2D eigenvalue weighted by atomic mass is 10.1. The first-order valence-corrected chi connectivity index (χ1v) is 6.56. The smallest absolute Gasteiger partial charge is 0.0928 e. The summed E-state index contributed by atoms with van der Waals surface area (Å²) in [6, 6.07) is 0.236. The summed E-state index contributed by atoms with van der Waals surface area (Å²) in [4.78, 5) is 5.80. The van der Waals surface area contributed by atoms with Crippen molar-refractivity contribution in [2.75, 3.05) is 6.61 Å². The summed E-state index contributed by atoms with van der Waals surface area (Å²) in [7, 11) is 0. The molecule has 3 nitrogen and oxygen atoms in total. The van der Waals surface area contributed by atoms with Crippen molar-refractivity contribution in [3.05, 3.63) is 15.6 Å². The number of hydrogen-bond donors (Lipinski definition) is 2. The van der Waals surface area contributed by atoms with Crippen LogP contribution in [0.1, 0.15) is 49.3 Å². The highest BCUT2D eigenvalue weighted by Crippen LogP contribution is 2.26. The molecular formula is C12H22N2OS. The summed E-state index contributed by atoms with van der Waals surface area (Å²) < 4.78 is 0. The zero-order valence-corrected chi connectivity index (χ0v) is 11.6. The van der Waals surface area contributed by atoms with E-state index in [-0.39, 0.29) is 18.2 Å². The van der Waals surface area contributed by atoms with Gasteiger partial charge in [0.15, 0.2) is 0 Å². The molecule has 1 aromatic rings. The Morgan fingerprint density at radius 1 is 1.50 bits per heavy atom. The SMILES string of the molecule is CCc1nc(C)c(C(C)NC(C)(C)CO)s1. The quantitative estimate of drug-likeness (QED) is 0.833. The van der Waals surface area contributed by atoms with Crippen molar-refractivity contribution in [1.29, 1.82) is 0 Å².